The van der Waals surface area contributed by atoms with E-state index >= 15 is 0 Å². The molecule has 1 aliphatic rings. The maximum Gasteiger partial charge on any atom is 0.0750 e. The Labute approximate surface area is 117 Å². The normalized spacial score (nSPS) is 21.0. The van der Waals surface area contributed by atoms with Gasteiger partial charge >= 0.3 is 0 Å². The van der Waals surface area contributed by atoms with E-state index in [1.165, 1.54) is 18.5 Å². The first-order valence-electron chi connectivity index (χ1n) is 6.45. The average Bonchev–Trinajstić information content (AvgIpc) is 2.81. The molecule has 0 amide bonds. The Morgan fingerprint density at radius 1 is 1.56 bits per heavy atom. The fraction of sp³-hybridized carbons (Fsp3) is 0.571. The van der Waals surface area contributed by atoms with Crippen LogP contribution in [-0.2, 0) is 4.74 Å². The Morgan fingerprint density at radius 2 is 2.33 bits per heavy atom. The molecule has 1 unspecified atom stereocenters. The van der Waals surface area contributed by atoms with Crippen molar-refractivity contribution in [2.24, 2.45) is 5.73 Å². The van der Waals surface area contributed by atoms with Crippen molar-refractivity contribution in [3.63, 3.8) is 0 Å². The minimum Gasteiger partial charge on any atom is -0.376 e. The largest absolute Gasteiger partial charge is 0.376 e. The molecule has 1 saturated heterocycles. The standard InChI is InChI=1S/C14H21BrN2O/c1-10(16)11-5-6-14(13(15)8-11)17(2)9-12-4-3-7-18-12/h5-6,8,10,12H,3-4,7,9,16H2,1-2H3/t10-,12?/m1/s1. The third-order valence-corrected chi connectivity index (χ3v) is 4.05. The van der Waals surface area contributed by atoms with Crippen LogP contribution in [0.25, 0.3) is 0 Å². The number of likely N-dealkylation sites (N-methyl/N-ethyl adjacent to an activating group) is 1. The molecule has 0 radical (unpaired) electrons. The Hall–Kier alpha value is -0.580. The van der Waals surface area contributed by atoms with Gasteiger partial charge in [-0.3, -0.25) is 0 Å². The molecule has 1 aliphatic heterocycles. The van der Waals surface area contributed by atoms with Crippen LogP contribution in [0.2, 0.25) is 0 Å². The Bertz CT molecular complexity index is 403. The lowest BCUT2D eigenvalue weighted by atomic mass is 10.1. The summed E-state index contributed by atoms with van der Waals surface area (Å²) >= 11 is 3.63. The molecule has 3 nitrogen and oxygen atoms in total. The molecule has 2 rings (SSSR count). The fourth-order valence-electron chi connectivity index (χ4n) is 2.31. The summed E-state index contributed by atoms with van der Waals surface area (Å²) in [7, 11) is 2.10. The summed E-state index contributed by atoms with van der Waals surface area (Å²) in [5, 5.41) is 0. The number of rotatable bonds is 4. The van der Waals surface area contributed by atoms with Crippen molar-refractivity contribution >= 4 is 21.6 Å². The highest BCUT2D eigenvalue weighted by Gasteiger charge is 2.18. The summed E-state index contributed by atoms with van der Waals surface area (Å²) in [6, 6.07) is 6.39. The molecule has 100 valence electrons. The van der Waals surface area contributed by atoms with Crippen LogP contribution in [0.15, 0.2) is 22.7 Å². The highest BCUT2D eigenvalue weighted by atomic mass is 79.9. The number of anilines is 1. The SMILES string of the molecule is C[C@@H](N)c1ccc(N(C)CC2CCCO2)c(Br)c1. The van der Waals surface area contributed by atoms with Gasteiger partial charge in [-0.05, 0) is 53.4 Å². The van der Waals surface area contributed by atoms with Crippen molar-refractivity contribution in [1.82, 2.24) is 0 Å². The molecule has 1 aromatic carbocycles. The van der Waals surface area contributed by atoms with Crippen LogP contribution in [0.4, 0.5) is 5.69 Å². The highest BCUT2D eigenvalue weighted by Crippen LogP contribution is 2.29. The quantitative estimate of drug-likeness (QED) is 0.928. The monoisotopic (exact) mass is 312 g/mol. The van der Waals surface area contributed by atoms with Crippen LogP contribution in [0.1, 0.15) is 31.4 Å². The van der Waals surface area contributed by atoms with Crippen molar-refractivity contribution in [2.75, 3.05) is 25.1 Å². The molecular formula is C14H21BrN2O. The lowest BCUT2D eigenvalue weighted by Crippen LogP contribution is -2.28. The van der Waals surface area contributed by atoms with Gasteiger partial charge in [-0.1, -0.05) is 6.07 Å². The lowest BCUT2D eigenvalue weighted by molar-refractivity contribution is 0.116. The van der Waals surface area contributed by atoms with Gasteiger partial charge in [0.15, 0.2) is 0 Å². The number of hydrogen-bond acceptors (Lipinski definition) is 3. The predicted molar refractivity (Wildman–Crippen MR) is 79.0 cm³/mol. The number of nitrogens with zero attached hydrogens (tertiary/aromatic N) is 1. The van der Waals surface area contributed by atoms with Crippen LogP contribution in [0.5, 0.6) is 0 Å². The van der Waals surface area contributed by atoms with Crippen LogP contribution in [0, 0.1) is 0 Å². The minimum atomic E-state index is 0.0684. The first-order chi connectivity index (χ1) is 8.58. The molecule has 4 heteroatoms. The van der Waals surface area contributed by atoms with Gasteiger partial charge < -0.3 is 15.4 Å². The Morgan fingerprint density at radius 3 is 2.89 bits per heavy atom. The van der Waals surface area contributed by atoms with Gasteiger partial charge in [0.25, 0.3) is 0 Å². The van der Waals surface area contributed by atoms with Crippen molar-refractivity contribution < 1.29 is 4.74 Å². The van der Waals surface area contributed by atoms with Gasteiger partial charge in [-0.2, -0.15) is 0 Å². The van der Waals surface area contributed by atoms with E-state index in [9.17, 15) is 0 Å². The van der Waals surface area contributed by atoms with E-state index in [2.05, 4.69) is 46.1 Å². The third kappa shape index (κ3) is 3.25. The molecule has 0 aliphatic carbocycles. The molecule has 1 fully saturated rings. The van der Waals surface area contributed by atoms with Crippen LogP contribution < -0.4 is 10.6 Å². The summed E-state index contributed by atoms with van der Waals surface area (Å²) in [6.45, 7) is 3.84. The maximum atomic E-state index is 5.89. The fourth-order valence-corrected chi connectivity index (χ4v) is 3.01. The van der Waals surface area contributed by atoms with E-state index in [-0.39, 0.29) is 6.04 Å². The Balaban J connectivity index is 2.07. The summed E-state index contributed by atoms with van der Waals surface area (Å²) in [6.07, 6.45) is 2.72. The summed E-state index contributed by atoms with van der Waals surface area (Å²) < 4.78 is 6.77. The summed E-state index contributed by atoms with van der Waals surface area (Å²) in [5.41, 5.74) is 8.23. The van der Waals surface area contributed by atoms with E-state index in [0.717, 1.165) is 23.2 Å². The van der Waals surface area contributed by atoms with E-state index in [1.807, 2.05) is 6.92 Å². The van der Waals surface area contributed by atoms with E-state index < -0.39 is 0 Å². The van der Waals surface area contributed by atoms with Gasteiger partial charge in [0.05, 0.1) is 11.8 Å². The second-order valence-electron chi connectivity index (χ2n) is 5.02. The number of benzene rings is 1. The van der Waals surface area contributed by atoms with Gasteiger partial charge in [0, 0.05) is 30.7 Å². The smallest absolute Gasteiger partial charge is 0.0750 e. The van der Waals surface area contributed by atoms with E-state index in [1.54, 1.807) is 0 Å². The van der Waals surface area contributed by atoms with Gasteiger partial charge in [0.1, 0.15) is 0 Å². The molecule has 0 aromatic heterocycles. The Kier molecular flexibility index (Phi) is 4.65. The first kappa shape index (κ1) is 13.8. The van der Waals surface area contributed by atoms with Gasteiger partial charge in [-0.15, -0.1) is 0 Å². The summed E-state index contributed by atoms with van der Waals surface area (Å²) in [4.78, 5) is 2.24. The number of ether oxygens (including phenoxy) is 1. The molecule has 1 aromatic rings. The second kappa shape index (κ2) is 6.04. The topological polar surface area (TPSA) is 38.5 Å². The van der Waals surface area contributed by atoms with Gasteiger partial charge in [0.2, 0.25) is 0 Å². The molecular weight excluding hydrogens is 292 g/mol. The molecule has 2 N–H and O–H groups in total. The number of nitrogens with two attached hydrogens (primary N) is 1. The van der Waals surface area contributed by atoms with Crippen molar-refractivity contribution in [3.05, 3.63) is 28.2 Å². The molecule has 0 saturated carbocycles. The van der Waals surface area contributed by atoms with E-state index in [0.29, 0.717) is 6.10 Å². The van der Waals surface area contributed by atoms with Gasteiger partial charge in [-0.25, -0.2) is 0 Å². The molecule has 18 heavy (non-hydrogen) atoms. The van der Waals surface area contributed by atoms with E-state index in [4.69, 9.17) is 10.5 Å². The van der Waals surface area contributed by atoms with Crippen LogP contribution >= 0.6 is 15.9 Å². The molecule has 1 heterocycles. The molecule has 0 spiro atoms. The second-order valence-corrected chi connectivity index (χ2v) is 5.87. The summed E-state index contributed by atoms with van der Waals surface area (Å²) in [5.74, 6) is 0. The molecule has 0 bridgehead atoms. The maximum absolute atomic E-state index is 5.89. The lowest BCUT2D eigenvalue weighted by Gasteiger charge is -2.24. The zero-order valence-corrected chi connectivity index (χ0v) is 12.6. The minimum absolute atomic E-state index is 0.0684. The first-order valence-corrected chi connectivity index (χ1v) is 7.25. The van der Waals surface area contributed by atoms with Crippen molar-refractivity contribution in [3.8, 4) is 0 Å². The predicted octanol–water partition coefficient (Wildman–Crippen LogP) is 3.08. The highest BCUT2D eigenvalue weighted by molar-refractivity contribution is 9.10. The third-order valence-electron chi connectivity index (χ3n) is 3.41. The zero-order valence-electron chi connectivity index (χ0n) is 11.0. The average molecular weight is 313 g/mol. The molecule has 2 atom stereocenters. The number of halogens is 1. The zero-order chi connectivity index (χ0) is 13.1. The number of hydrogen-bond donors (Lipinski definition) is 1. The van der Waals surface area contributed by atoms with Crippen LogP contribution in [0.3, 0.4) is 0 Å². The van der Waals surface area contributed by atoms with Crippen molar-refractivity contribution in [1.29, 1.82) is 0 Å². The van der Waals surface area contributed by atoms with Crippen LogP contribution in [-0.4, -0.2) is 26.3 Å². The van der Waals surface area contributed by atoms with Crippen molar-refractivity contribution in [2.45, 2.75) is 31.9 Å².